The number of hydrogen-bond acceptors (Lipinski definition) is 6. The lowest BCUT2D eigenvalue weighted by molar-refractivity contribution is 0.100. The smallest absolute Gasteiger partial charge is 0.248 e. The molecule has 2 aromatic heterocycles. The molecule has 3 aromatic rings. The van der Waals surface area contributed by atoms with E-state index in [0.29, 0.717) is 29.6 Å². The maximum atomic E-state index is 11.0. The lowest BCUT2D eigenvalue weighted by Gasteiger charge is -2.03. The number of rotatable bonds is 5. The van der Waals surface area contributed by atoms with Crippen LogP contribution < -0.4 is 11.1 Å². The molecule has 1 amide bonds. The van der Waals surface area contributed by atoms with Crippen molar-refractivity contribution in [2.24, 2.45) is 5.73 Å². The summed E-state index contributed by atoms with van der Waals surface area (Å²) in [5, 5.41) is 6.93. The van der Waals surface area contributed by atoms with Gasteiger partial charge in [-0.15, -0.1) is 0 Å². The van der Waals surface area contributed by atoms with E-state index in [1.165, 1.54) is 0 Å². The first-order chi connectivity index (χ1) is 10.2. The number of benzene rings is 1. The van der Waals surface area contributed by atoms with Crippen LogP contribution in [0.25, 0.3) is 11.6 Å². The first-order valence-corrected chi connectivity index (χ1v) is 6.22. The highest BCUT2D eigenvalue weighted by Gasteiger charge is 2.10. The van der Waals surface area contributed by atoms with Gasteiger partial charge in [0.2, 0.25) is 17.6 Å². The average molecular weight is 284 g/mol. The predicted molar refractivity (Wildman–Crippen MR) is 74.3 cm³/mol. The van der Waals surface area contributed by atoms with Crippen LogP contribution in [0.2, 0.25) is 0 Å². The summed E-state index contributed by atoms with van der Waals surface area (Å²) in [6.45, 7) is 0.365. The fourth-order valence-corrected chi connectivity index (χ4v) is 1.76. The van der Waals surface area contributed by atoms with Gasteiger partial charge in [0.05, 0.1) is 12.8 Å². The minimum absolute atomic E-state index is 0.365. The topological polar surface area (TPSA) is 107 Å². The Hall–Kier alpha value is -3.09. The monoisotopic (exact) mass is 284 g/mol. The molecule has 0 fully saturated rings. The number of carbonyl (C=O) groups excluding carboxylic acids is 1. The Balaban J connectivity index is 1.64. The molecule has 0 aliphatic rings. The third-order valence-corrected chi connectivity index (χ3v) is 2.82. The van der Waals surface area contributed by atoms with Crippen molar-refractivity contribution in [2.75, 3.05) is 5.32 Å². The van der Waals surface area contributed by atoms with Crippen molar-refractivity contribution < 1.29 is 13.7 Å². The highest BCUT2D eigenvalue weighted by molar-refractivity contribution is 5.93. The van der Waals surface area contributed by atoms with Crippen LogP contribution in [0, 0.1) is 0 Å². The highest BCUT2D eigenvalue weighted by atomic mass is 16.5. The molecule has 0 spiro atoms. The van der Waals surface area contributed by atoms with Crippen molar-refractivity contribution in [2.45, 2.75) is 6.54 Å². The summed E-state index contributed by atoms with van der Waals surface area (Å²) in [6, 6.07) is 10.3. The zero-order valence-electron chi connectivity index (χ0n) is 10.9. The van der Waals surface area contributed by atoms with Crippen LogP contribution >= 0.6 is 0 Å². The van der Waals surface area contributed by atoms with E-state index < -0.39 is 5.91 Å². The second-order valence-corrected chi connectivity index (χ2v) is 4.28. The van der Waals surface area contributed by atoms with Crippen molar-refractivity contribution >= 4 is 11.6 Å². The van der Waals surface area contributed by atoms with Gasteiger partial charge in [0, 0.05) is 11.3 Å². The van der Waals surface area contributed by atoms with Crippen LogP contribution in [0.15, 0.2) is 51.6 Å². The van der Waals surface area contributed by atoms with Crippen LogP contribution in [0.3, 0.4) is 0 Å². The summed E-state index contributed by atoms with van der Waals surface area (Å²) in [4.78, 5) is 15.2. The van der Waals surface area contributed by atoms with Crippen LogP contribution in [0.1, 0.15) is 16.2 Å². The van der Waals surface area contributed by atoms with E-state index >= 15 is 0 Å². The number of nitrogens with two attached hydrogens (primary N) is 1. The molecule has 0 saturated carbocycles. The number of anilines is 1. The SMILES string of the molecule is NC(=O)c1ccc(NCc2nc(-c3ccco3)no2)cc1. The molecular weight excluding hydrogens is 272 g/mol. The van der Waals surface area contributed by atoms with Gasteiger partial charge in [-0.1, -0.05) is 5.16 Å². The minimum atomic E-state index is -0.457. The summed E-state index contributed by atoms with van der Waals surface area (Å²) < 4.78 is 10.3. The maximum Gasteiger partial charge on any atom is 0.248 e. The molecule has 1 aromatic carbocycles. The van der Waals surface area contributed by atoms with Crippen LogP contribution in [0.5, 0.6) is 0 Å². The Kier molecular flexibility index (Phi) is 3.38. The van der Waals surface area contributed by atoms with E-state index in [-0.39, 0.29) is 0 Å². The highest BCUT2D eigenvalue weighted by Crippen LogP contribution is 2.16. The molecule has 0 aliphatic carbocycles. The fraction of sp³-hybridized carbons (Fsp3) is 0.0714. The van der Waals surface area contributed by atoms with Gasteiger partial charge in [-0.3, -0.25) is 4.79 Å². The molecule has 106 valence electrons. The van der Waals surface area contributed by atoms with Crippen molar-refractivity contribution in [3.8, 4) is 11.6 Å². The molecule has 21 heavy (non-hydrogen) atoms. The third kappa shape index (κ3) is 2.92. The molecule has 7 heteroatoms. The van der Waals surface area contributed by atoms with Gasteiger partial charge in [-0.05, 0) is 36.4 Å². The molecule has 0 bridgehead atoms. The van der Waals surface area contributed by atoms with Gasteiger partial charge in [0.15, 0.2) is 5.76 Å². The molecule has 0 atom stereocenters. The zero-order valence-corrected chi connectivity index (χ0v) is 10.9. The van der Waals surface area contributed by atoms with Gasteiger partial charge in [0.25, 0.3) is 0 Å². The number of primary amides is 1. The molecule has 3 rings (SSSR count). The second kappa shape index (κ2) is 5.49. The third-order valence-electron chi connectivity index (χ3n) is 2.82. The lowest BCUT2D eigenvalue weighted by Crippen LogP contribution is -2.10. The molecule has 0 saturated heterocycles. The molecule has 2 heterocycles. The van der Waals surface area contributed by atoms with Crippen LogP contribution in [-0.2, 0) is 6.54 Å². The summed E-state index contributed by atoms with van der Waals surface area (Å²) in [7, 11) is 0. The predicted octanol–water partition coefficient (Wildman–Crippen LogP) is 2.04. The van der Waals surface area contributed by atoms with E-state index in [2.05, 4.69) is 15.5 Å². The summed E-state index contributed by atoms with van der Waals surface area (Å²) in [5.41, 5.74) is 6.45. The van der Waals surface area contributed by atoms with Crippen molar-refractivity contribution in [3.63, 3.8) is 0 Å². The Labute approximate surface area is 119 Å². The minimum Gasteiger partial charge on any atom is -0.461 e. The fourth-order valence-electron chi connectivity index (χ4n) is 1.76. The first kappa shape index (κ1) is 12.9. The maximum absolute atomic E-state index is 11.0. The normalized spacial score (nSPS) is 10.5. The number of nitrogens with zero attached hydrogens (tertiary/aromatic N) is 2. The van der Waals surface area contributed by atoms with Crippen LogP contribution in [0.4, 0.5) is 5.69 Å². The molecule has 0 radical (unpaired) electrons. The van der Waals surface area contributed by atoms with Crippen molar-refractivity contribution in [3.05, 3.63) is 54.1 Å². The summed E-state index contributed by atoms with van der Waals surface area (Å²) >= 11 is 0. The van der Waals surface area contributed by atoms with Gasteiger partial charge in [-0.25, -0.2) is 0 Å². The van der Waals surface area contributed by atoms with Gasteiger partial charge in [-0.2, -0.15) is 4.98 Å². The number of amides is 1. The van der Waals surface area contributed by atoms with Gasteiger partial charge in [0.1, 0.15) is 0 Å². The number of carbonyl (C=O) groups is 1. The Morgan fingerprint density at radius 3 is 2.71 bits per heavy atom. The summed E-state index contributed by atoms with van der Waals surface area (Å²) in [5.74, 6) is 0.929. The van der Waals surface area contributed by atoms with E-state index in [9.17, 15) is 4.79 Å². The molecule has 0 unspecified atom stereocenters. The number of nitrogens with one attached hydrogen (secondary N) is 1. The second-order valence-electron chi connectivity index (χ2n) is 4.28. The number of furan rings is 1. The quantitative estimate of drug-likeness (QED) is 0.742. The average Bonchev–Trinajstić information content (AvgIpc) is 3.16. The van der Waals surface area contributed by atoms with E-state index in [1.54, 1.807) is 42.7 Å². The Morgan fingerprint density at radius 2 is 2.05 bits per heavy atom. The standard InChI is InChI=1S/C14H12N4O3/c15-13(19)9-3-5-10(6-4-9)16-8-12-17-14(18-21-12)11-2-1-7-20-11/h1-7,16H,8H2,(H2,15,19). The first-order valence-electron chi connectivity index (χ1n) is 6.22. The largest absolute Gasteiger partial charge is 0.461 e. The molecular formula is C14H12N4O3. The van der Waals surface area contributed by atoms with Crippen molar-refractivity contribution in [1.29, 1.82) is 0 Å². The van der Waals surface area contributed by atoms with Crippen LogP contribution in [-0.4, -0.2) is 16.0 Å². The zero-order chi connectivity index (χ0) is 14.7. The van der Waals surface area contributed by atoms with E-state index in [0.717, 1.165) is 5.69 Å². The Bertz CT molecular complexity index is 732. The van der Waals surface area contributed by atoms with E-state index in [4.69, 9.17) is 14.7 Å². The molecule has 7 nitrogen and oxygen atoms in total. The summed E-state index contributed by atoms with van der Waals surface area (Å²) in [6.07, 6.45) is 1.55. The molecule has 0 aliphatic heterocycles. The number of hydrogen-bond donors (Lipinski definition) is 2. The Morgan fingerprint density at radius 1 is 1.24 bits per heavy atom. The molecule has 3 N–H and O–H groups in total. The van der Waals surface area contributed by atoms with Crippen molar-refractivity contribution in [1.82, 2.24) is 10.1 Å². The lowest BCUT2D eigenvalue weighted by atomic mass is 10.2. The van der Waals surface area contributed by atoms with E-state index in [1.807, 2.05) is 0 Å². The van der Waals surface area contributed by atoms with Gasteiger partial charge < -0.3 is 20.0 Å². The number of aromatic nitrogens is 2. The van der Waals surface area contributed by atoms with Gasteiger partial charge >= 0.3 is 0 Å².